The molecule has 4 rings (SSSR count). The molecule has 1 aliphatic rings. The summed E-state index contributed by atoms with van der Waals surface area (Å²) in [6.45, 7) is 5.91. The Kier molecular flexibility index (Phi) is 5.44. The third-order valence-corrected chi connectivity index (χ3v) is 5.64. The second kappa shape index (κ2) is 8.19. The van der Waals surface area contributed by atoms with Gasteiger partial charge < -0.3 is 16.0 Å². The average molecular weight is 404 g/mol. The molecule has 1 aliphatic heterocycles. The standard InChI is InChI=1S/C25H26FN3O/c1-25(2)13-14-27-23-15-19(11-12-21(23)25)29-24(30)20-5-3-4-6-22(20)28-16-17-7-9-18(26)10-8-17/h3-12,15,27-28H,13-14,16H2,1-2H3,(H,29,30). The van der Waals surface area contributed by atoms with E-state index in [0.717, 1.165) is 35.6 Å². The Morgan fingerprint density at radius 2 is 1.83 bits per heavy atom. The van der Waals surface area contributed by atoms with E-state index in [1.54, 1.807) is 18.2 Å². The first-order valence-electron chi connectivity index (χ1n) is 10.2. The molecule has 0 radical (unpaired) electrons. The number of carbonyl (C=O) groups is 1. The molecule has 0 spiro atoms. The van der Waals surface area contributed by atoms with E-state index in [1.165, 1.54) is 17.7 Å². The Labute approximate surface area is 176 Å². The Morgan fingerprint density at radius 3 is 2.63 bits per heavy atom. The van der Waals surface area contributed by atoms with Crippen molar-refractivity contribution >= 4 is 23.0 Å². The van der Waals surface area contributed by atoms with Crippen LogP contribution in [0.5, 0.6) is 0 Å². The minimum atomic E-state index is -0.263. The van der Waals surface area contributed by atoms with Gasteiger partial charge >= 0.3 is 0 Å². The molecule has 5 heteroatoms. The summed E-state index contributed by atoms with van der Waals surface area (Å²) in [5, 5.41) is 9.73. The second-order valence-electron chi connectivity index (χ2n) is 8.30. The van der Waals surface area contributed by atoms with Gasteiger partial charge in [-0.05, 0) is 59.4 Å². The number of halogens is 1. The maximum atomic E-state index is 13.1. The molecule has 1 heterocycles. The number of benzene rings is 3. The van der Waals surface area contributed by atoms with Crippen LogP contribution >= 0.6 is 0 Å². The summed E-state index contributed by atoms with van der Waals surface area (Å²) in [5.41, 5.74) is 5.47. The topological polar surface area (TPSA) is 53.2 Å². The van der Waals surface area contributed by atoms with Crippen LogP contribution < -0.4 is 16.0 Å². The third-order valence-electron chi connectivity index (χ3n) is 5.64. The van der Waals surface area contributed by atoms with Crippen molar-refractivity contribution in [3.63, 3.8) is 0 Å². The zero-order valence-corrected chi connectivity index (χ0v) is 17.3. The number of rotatable bonds is 5. The normalized spacial score (nSPS) is 14.4. The highest BCUT2D eigenvalue weighted by Crippen LogP contribution is 2.37. The molecule has 4 nitrogen and oxygen atoms in total. The van der Waals surface area contributed by atoms with Gasteiger partial charge in [0.05, 0.1) is 5.56 Å². The van der Waals surface area contributed by atoms with Crippen LogP contribution in [0.1, 0.15) is 41.8 Å². The lowest BCUT2D eigenvalue weighted by Gasteiger charge is -2.33. The number of anilines is 3. The van der Waals surface area contributed by atoms with E-state index in [1.807, 2.05) is 30.3 Å². The van der Waals surface area contributed by atoms with Crippen LogP contribution in [0.3, 0.4) is 0 Å². The maximum Gasteiger partial charge on any atom is 0.257 e. The van der Waals surface area contributed by atoms with Crippen molar-refractivity contribution in [1.29, 1.82) is 0 Å². The first kappa shape index (κ1) is 20.0. The van der Waals surface area contributed by atoms with Crippen molar-refractivity contribution in [2.45, 2.75) is 32.2 Å². The number of carbonyl (C=O) groups excluding carboxylic acids is 1. The molecule has 0 saturated carbocycles. The molecule has 3 aromatic carbocycles. The van der Waals surface area contributed by atoms with Crippen LogP contribution in [0.15, 0.2) is 66.7 Å². The predicted octanol–water partition coefficient (Wildman–Crippen LogP) is 5.78. The highest BCUT2D eigenvalue weighted by Gasteiger charge is 2.27. The first-order valence-corrected chi connectivity index (χ1v) is 10.2. The molecule has 0 bridgehead atoms. The monoisotopic (exact) mass is 403 g/mol. The summed E-state index contributed by atoms with van der Waals surface area (Å²) in [5.74, 6) is -0.436. The van der Waals surface area contributed by atoms with E-state index in [0.29, 0.717) is 12.1 Å². The van der Waals surface area contributed by atoms with Crippen molar-refractivity contribution in [2.24, 2.45) is 0 Å². The summed E-state index contributed by atoms with van der Waals surface area (Å²) in [7, 11) is 0. The van der Waals surface area contributed by atoms with Gasteiger partial charge in [-0.15, -0.1) is 0 Å². The molecule has 0 atom stereocenters. The Morgan fingerprint density at radius 1 is 1.07 bits per heavy atom. The fraction of sp³-hybridized carbons (Fsp3) is 0.240. The summed E-state index contributed by atoms with van der Waals surface area (Å²) in [6.07, 6.45) is 1.08. The van der Waals surface area contributed by atoms with E-state index in [9.17, 15) is 9.18 Å². The highest BCUT2D eigenvalue weighted by atomic mass is 19.1. The summed E-state index contributed by atoms with van der Waals surface area (Å²) >= 11 is 0. The lowest BCUT2D eigenvalue weighted by molar-refractivity contribution is 0.102. The Balaban J connectivity index is 1.49. The Hall–Kier alpha value is -3.34. The largest absolute Gasteiger partial charge is 0.385 e. The molecule has 3 aromatic rings. The molecular formula is C25H26FN3O. The van der Waals surface area contributed by atoms with Crippen molar-refractivity contribution in [1.82, 2.24) is 0 Å². The van der Waals surface area contributed by atoms with E-state index in [2.05, 4.69) is 35.9 Å². The molecule has 0 saturated heterocycles. The van der Waals surface area contributed by atoms with Crippen molar-refractivity contribution in [3.8, 4) is 0 Å². The van der Waals surface area contributed by atoms with Crippen molar-refractivity contribution in [2.75, 3.05) is 22.5 Å². The average Bonchev–Trinajstić information content (AvgIpc) is 2.73. The van der Waals surface area contributed by atoms with E-state index in [-0.39, 0.29) is 17.1 Å². The second-order valence-corrected chi connectivity index (χ2v) is 8.30. The highest BCUT2D eigenvalue weighted by molar-refractivity contribution is 6.08. The lowest BCUT2D eigenvalue weighted by Crippen LogP contribution is -2.28. The van der Waals surface area contributed by atoms with Crippen LogP contribution in [0.2, 0.25) is 0 Å². The van der Waals surface area contributed by atoms with Crippen molar-refractivity contribution < 1.29 is 9.18 Å². The van der Waals surface area contributed by atoms with E-state index < -0.39 is 0 Å². The number of fused-ring (bicyclic) bond motifs is 1. The van der Waals surface area contributed by atoms with Gasteiger partial charge in [-0.1, -0.05) is 44.2 Å². The summed E-state index contributed by atoms with van der Waals surface area (Å²) in [6, 6.07) is 19.8. The molecule has 0 aromatic heterocycles. The molecule has 1 amide bonds. The van der Waals surface area contributed by atoms with Crippen LogP contribution in [-0.4, -0.2) is 12.5 Å². The number of nitrogens with one attached hydrogen (secondary N) is 3. The number of hydrogen-bond donors (Lipinski definition) is 3. The number of amides is 1. The van der Waals surface area contributed by atoms with Crippen LogP contribution in [0, 0.1) is 5.82 Å². The zero-order valence-electron chi connectivity index (χ0n) is 17.3. The van der Waals surface area contributed by atoms with Gasteiger partial charge in [0.15, 0.2) is 0 Å². The van der Waals surface area contributed by atoms with E-state index in [4.69, 9.17) is 0 Å². The van der Waals surface area contributed by atoms with Crippen LogP contribution in [0.4, 0.5) is 21.5 Å². The molecule has 3 N–H and O–H groups in total. The molecule has 0 fully saturated rings. The minimum absolute atomic E-state index is 0.125. The van der Waals surface area contributed by atoms with Gasteiger partial charge in [-0.2, -0.15) is 0 Å². The molecule has 0 aliphatic carbocycles. The third kappa shape index (κ3) is 4.30. The zero-order chi connectivity index (χ0) is 21.1. The number of hydrogen-bond acceptors (Lipinski definition) is 3. The van der Waals surface area contributed by atoms with Crippen molar-refractivity contribution in [3.05, 3.63) is 89.2 Å². The maximum absolute atomic E-state index is 13.1. The molecule has 0 unspecified atom stereocenters. The fourth-order valence-electron chi connectivity index (χ4n) is 3.84. The summed E-state index contributed by atoms with van der Waals surface area (Å²) < 4.78 is 13.1. The molecular weight excluding hydrogens is 377 g/mol. The van der Waals surface area contributed by atoms with Crippen LogP contribution in [0.25, 0.3) is 0 Å². The lowest BCUT2D eigenvalue weighted by atomic mass is 9.78. The number of para-hydroxylation sites is 1. The fourth-order valence-corrected chi connectivity index (χ4v) is 3.84. The smallest absolute Gasteiger partial charge is 0.257 e. The first-order chi connectivity index (χ1) is 14.4. The molecule has 30 heavy (non-hydrogen) atoms. The van der Waals surface area contributed by atoms with E-state index >= 15 is 0 Å². The quantitative estimate of drug-likeness (QED) is 0.506. The van der Waals surface area contributed by atoms with Gasteiger partial charge in [0.1, 0.15) is 5.82 Å². The molecule has 154 valence electrons. The SMILES string of the molecule is CC1(C)CCNc2cc(NC(=O)c3ccccc3NCc3ccc(F)cc3)ccc21. The van der Waals surface area contributed by atoms with Gasteiger partial charge in [0.25, 0.3) is 5.91 Å². The minimum Gasteiger partial charge on any atom is -0.385 e. The van der Waals surface area contributed by atoms with Gasteiger partial charge in [-0.3, -0.25) is 4.79 Å². The predicted molar refractivity (Wildman–Crippen MR) is 121 cm³/mol. The van der Waals surface area contributed by atoms with Gasteiger partial charge in [0, 0.05) is 30.2 Å². The Bertz CT molecular complexity index is 1060. The van der Waals surface area contributed by atoms with Gasteiger partial charge in [-0.25, -0.2) is 4.39 Å². The summed E-state index contributed by atoms with van der Waals surface area (Å²) in [4.78, 5) is 13.0. The van der Waals surface area contributed by atoms with Crippen LogP contribution in [-0.2, 0) is 12.0 Å². The van der Waals surface area contributed by atoms with Gasteiger partial charge in [0.2, 0.25) is 0 Å².